The maximum absolute atomic E-state index is 13.4. The number of anilines is 1. The highest BCUT2D eigenvalue weighted by molar-refractivity contribution is 5.58. The third kappa shape index (κ3) is 3.77. The van der Waals surface area contributed by atoms with Gasteiger partial charge in [-0.15, -0.1) is 0 Å². The number of halogens is 5. The number of aromatic nitrogens is 2. The smallest absolute Gasteiger partial charge is 0.396 e. The first-order valence-corrected chi connectivity index (χ1v) is 8.51. The second kappa shape index (κ2) is 7.38. The molecule has 0 atom stereocenters. The number of nitrogens with zero attached hydrogens (tertiary/aromatic N) is 3. The Bertz CT molecular complexity index is 687. The van der Waals surface area contributed by atoms with E-state index in [1.54, 1.807) is 0 Å². The summed E-state index contributed by atoms with van der Waals surface area (Å²) in [4.78, 5) is 0.838. The molecular weight excluding hydrogens is 357 g/mol. The second-order valence-electron chi connectivity index (χ2n) is 6.63. The molecule has 1 N–H and O–H groups in total. The van der Waals surface area contributed by atoms with Gasteiger partial charge in [0.25, 0.3) is 6.43 Å². The van der Waals surface area contributed by atoms with E-state index in [0.717, 1.165) is 23.8 Å². The van der Waals surface area contributed by atoms with Gasteiger partial charge in [0.2, 0.25) is 0 Å². The van der Waals surface area contributed by atoms with Gasteiger partial charge in [0.15, 0.2) is 5.69 Å². The monoisotopic (exact) mass is 377 g/mol. The fourth-order valence-corrected chi connectivity index (χ4v) is 3.53. The van der Waals surface area contributed by atoms with Gasteiger partial charge >= 0.3 is 6.18 Å². The molecule has 0 saturated heterocycles. The SMILES string of the molecule is OCC1CCC(n2cc(N3CC=CC=C3C(F)(F)F)c(C(F)F)n2)CC1. The van der Waals surface area contributed by atoms with Gasteiger partial charge in [-0.25, -0.2) is 8.78 Å². The van der Waals surface area contributed by atoms with Gasteiger partial charge in [-0.3, -0.25) is 4.68 Å². The first-order valence-electron chi connectivity index (χ1n) is 8.51. The van der Waals surface area contributed by atoms with Crippen LogP contribution in [0.4, 0.5) is 27.6 Å². The number of aliphatic hydroxyl groups is 1. The molecule has 0 bridgehead atoms. The summed E-state index contributed by atoms with van der Waals surface area (Å²) in [5.74, 6) is 0.183. The Morgan fingerprint density at radius 3 is 2.46 bits per heavy atom. The van der Waals surface area contributed by atoms with Crippen molar-refractivity contribution in [1.29, 1.82) is 0 Å². The predicted molar refractivity (Wildman–Crippen MR) is 85.9 cm³/mol. The van der Waals surface area contributed by atoms with Crippen LogP contribution < -0.4 is 4.90 Å². The number of hydrogen-bond acceptors (Lipinski definition) is 3. The van der Waals surface area contributed by atoms with Crippen LogP contribution in [0, 0.1) is 5.92 Å². The van der Waals surface area contributed by atoms with Crippen molar-refractivity contribution >= 4 is 5.69 Å². The Hall–Kier alpha value is -1.90. The van der Waals surface area contributed by atoms with Crippen LogP contribution in [-0.4, -0.2) is 34.2 Å². The minimum absolute atomic E-state index is 0.0826. The molecule has 1 fully saturated rings. The lowest BCUT2D eigenvalue weighted by atomic mass is 9.87. The molecule has 9 heteroatoms. The average molecular weight is 377 g/mol. The van der Waals surface area contributed by atoms with Gasteiger partial charge in [0.05, 0.1) is 11.7 Å². The van der Waals surface area contributed by atoms with Crippen molar-refractivity contribution in [3.8, 4) is 0 Å². The number of aliphatic hydroxyl groups excluding tert-OH is 1. The van der Waals surface area contributed by atoms with E-state index in [2.05, 4.69) is 5.10 Å². The van der Waals surface area contributed by atoms with Crippen molar-refractivity contribution in [2.45, 2.75) is 44.3 Å². The molecule has 0 unspecified atom stereocenters. The van der Waals surface area contributed by atoms with E-state index in [1.807, 2.05) is 0 Å². The highest BCUT2D eigenvalue weighted by Crippen LogP contribution is 2.40. The Labute approximate surface area is 147 Å². The molecule has 4 nitrogen and oxygen atoms in total. The standard InChI is InChI=1S/C17H20F5N3O/c18-16(19)15-13(24-8-2-1-3-14(24)17(20,21)22)9-25(23-15)12-6-4-11(10-26)5-7-12/h1-3,9,11-12,16,26H,4-8,10H2. The van der Waals surface area contributed by atoms with E-state index in [0.29, 0.717) is 12.8 Å². The van der Waals surface area contributed by atoms with Crippen molar-refractivity contribution in [1.82, 2.24) is 9.78 Å². The molecular formula is C17H20F5N3O. The molecule has 1 aromatic rings. The molecule has 0 aromatic carbocycles. The molecule has 2 heterocycles. The predicted octanol–water partition coefficient (Wildman–Crippen LogP) is 4.37. The van der Waals surface area contributed by atoms with Crippen LogP contribution in [-0.2, 0) is 0 Å². The van der Waals surface area contributed by atoms with Gasteiger partial charge in [-0.2, -0.15) is 18.3 Å². The lowest BCUT2D eigenvalue weighted by molar-refractivity contribution is -0.0933. The molecule has 2 aliphatic rings. The molecule has 1 saturated carbocycles. The fourth-order valence-electron chi connectivity index (χ4n) is 3.53. The fraction of sp³-hybridized carbons (Fsp3) is 0.588. The quantitative estimate of drug-likeness (QED) is 0.793. The molecule has 0 amide bonds. The van der Waals surface area contributed by atoms with Crippen molar-refractivity contribution in [2.75, 3.05) is 18.1 Å². The largest absolute Gasteiger partial charge is 0.431 e. The molecule has 1 aromatic heterocycles. The van der Waals surface area contributed by atoms with E-state index < -0.39 is 24.0 Å². The van der Waals surface area contributed by atoms with Crippen LogP contribution in [0.25, 0.3) is 0 Å². The van der Waals surface area contributed by atoms with Crippen LogP contribution in [0.2, 0.25) is 0 Å². The van der Waals surface area contributed by atoms with Gasteiger partial charge in [0, 0.05) is 19.3 Å². The summed E-state index contributed by atoms with van der Waals surface area (Å²) in [5.41, 5.74) is -1.83. The summed E-state index contributed by atoms with van der Waals surface area (Å²) in [6.07, 6.45) is 0.0731. The minimum atomic E-state index is -4.65. The summed E-state index contributed by atoms with van der Waals surface area (Å²) >= 11 is 0. The topological polar surface area (TPSA) is 41.3 Å². The molecule has 26 heavy (non-hydrogen) atoms. The zero-order valence-corrected chi connectivity index (χ0v) is 14.0. The van der Waals surface area contributed by atoms with Crippen LogP contribution >= 0.6 is 0 Å². The van der Waals surface area contributed by atoms with Gasteiger partial charge in [-0.05, 0) is 37.7 Å². The summed E-state index contributed by atoms with van der Waals surface area (Å²) in [5, 5.41) is 13.1. The van der Waals surface area contributed by atoms with E-state index >= 15 is 0 Å². The summed E-state index contributed by atoms with van der Waals surface area (Å²) < 4.78 is 68.1. The van der Waals surface area contributed by atoms with Gasteiger partial charge in [-0.1, -0.05) is 12.2 Å². The third-order valence-electron chi connectivity index (χ3n) is 4.95. The summed E-state index contributed by atoms with van der Waals surface area (Å²) in [6, 6.07) is -0.150. The third-order valence-corrected chi connectivity index (χ3v) is 4.95. The normalized spacial score (nSPS) is 24.3. The van der Waals surface area contributed by atoms with Crippen LogP contribution in [0.5, 0.6) is 0 Å². The van der Waals surface area contributed by atoms with Crippen molar-refractivity contribution in [3.63, 3.8) is 0 Å². The van der Waals surface area contributed by atoms with Crippen LogP contribution in [0.15, 0.2) is 30.1 Å². The van der Waals surface area contributed by atoms with E-state index in [1.165, 1.54) is 23.0 Å². The minimum Gasteiger partial charge on any atom is -0.396 e. The number of allylic oxidation sites excluding steroid dienone is 3. The summed E-state index contributed by atoms with van der Waals surface area (Å²) in [7, 11) is 0. The van der Waals surface area contributed by atoms with E-state index in [9.17, 15) is 27.1 Å². The number of alkyl halides is 5. The lowest BCUT2D eigenvalue weighted by Gasteiger charge is -2.29. The number of hydrogen-bond donors (Lipinski definition) is 1. The Morgan fingerprint density at radius 2 is 1.88 bits per heavy atom. The maximum atomic E-state index is 13.4. The lowest BCUT2D eigenvalue weighted by Crippen LogP contribution is -2.33. The Kier molecular flexibility index (Phi) is 5.36. The first-order chi connectivity index (χ1) is 12.3. The zero-order chi connectivity index (χ0) is 18.9. The van der Waals surface area contributed by atoms with Crippen molar-refractivity contribution in [2.24, 2.45) is 5.92 Å². The Balaban J connectivity index is 1.91. The van der Waals surface area contributed by atoms with Crippen LogP contribution in [0.1, 0.15) is 43.8 Å². The molecule has 1 aliphatic heterocycles. The highest BCUT2D eigenvalue weighted by Gasteiger charge is 2.40. The van der Waals surface area contributed by atoms with Crippen molar-refractivity contribution < 1.29 is 27.1 Å². The number of rotatable bonds is 4. The van der Waals surface area contributed by atoms with E-state index in [-0.39, 0.29) is 30.8 Å². The molecule has 3 rings (SSSR count). The molecule has 0 radical (unpaired) electrons. The second-order valence-corrected chi connectivity index (χ2v) is 6.63. The molecule has 0 spiro atoms. The average Bonchev–Trinajstić information content (AvgIpc) is 3.06. The van der Waals surface area contributed by atoms with Gasteiger partial charge in [0.1, 0.15) is 5.70 Å². The Morgan fingerprint density at radius 1 is 1.19 bits per heavy atom. The maximum Gasteiger partial charge on any atom is 0.431 e. The zero-order valence-electron chi connectivity index (χ0n) is 14.0. The molecule has 1 aliphatic carbocycles. The van der Waals surface area contributed by atoms with Crippen molar-refractivity contribution in [3.05, 3.63) is 35.8 Å². The highest BCUT2D eigenvalue weighted by atomic mass is 19.4. The van der Waals surface area contributed by atoms with Crippen LogP contribution in [0.3, 0.4) is 0 Å². The van der Waals surface area contributed by atoms with Gasteiger partial charge < -0.3 is 10.0 Å². The van der Waals surface area contributed by atoms with E-state index in [4.69, 9.17) is 0 Å². The molecule has 144 valence electrons. The first kappa shape index (κ1) is 18.9. The summed E-state index contributed by atoms with van der Waals surface area (Å²) in [6.45, 7) is -0.0623.